The normalized spacial score (nSPS) is 10.1. The van der Waals surface area contributed by atoms with Gasteiger partial charge in [-0.2, -0.15) is 0 Å². The molecule has 3 nitrogen and oxygen atoms in total. The monoisotopic (exact) mass is 272 g/mol. The van der Waals surface area contributed by atoms with E-state index in [1.807, 2.05) is 0 Å². The van der Waals surface area contributed by atoms with Crippen LogP contribution < -0.4 is 0 Å². The highest BCUT2D eigenvalue weighted by atomic mass is 31.1. The summed E-state index contributed by atoms with van der Waals surface area (Å²) in [6, 6.07) is 8.92. The predicted octanol–water partition coefficient (Wildman–Crippen LogP) is 3.73. The second-order valence-corrected chi connectivity index (χ2v) is 4.82. The Kier molecular flexibility index (Phi) is 11.1. The van der Waals surface area contributed by atoms with Crippen molar-refractivity contribution >= 4 is 8.25 Å². The molecule has 1 rings (SSSR count). The Morgan fingerprint density at radius 3 is 1.56 bits per heavy atom. The van der Waals surface area contributed by atoms with Crippen LogP contribution in [0.25, 0.3) is 0 Å². The van der Waals surface area contributed by atoms with Crippen LogP contribution in [-0.4, -0.2) is 9.79 Å². The molecule has 0 aliphatic rings. The lowest BCUT2D eigenvalue weighted by Crippen LogP contribution is -1.94. The van der Waals surface area contributed by atoms with Gasteiger partial charge in [-0.1, -0.05) is 51.0 Å². The van der Waals surface area contributed by atoms with E-state index >= 15 is 0 Å². The van der Waals surface area contributed by atoms with E-state index in [1.54, 1.807) is 11.1 Å². The molecule has 0 aliphatic heterocycles. The van der Waals surface area contributed by atoms with Gasteiger partial charge in [-0.15, -0.1) is 0 Å². The van der Waals surface area contributed by atoms with Crippen LogP contribution in [0.4, 0.5) is 0 Å². The van der Waals surface area contributed by atoms with Gasteiger partial charge in [-0.05, 0) is 36.8 Å². The Hall–Kier alpha value is -0.630. The largest absolute Gasteiger partial charge is 0.326 e. The summed E-state index contributed by atoms with van der Waals surface area (Å²) in [7, 11) is -3.13. The van der Waals surface area contributed by atoms with Gasteiger partial charge in [0.1, 0.15) is 0 Å². The highest BCUT2D eigenvalue weighted by Gasteiger charge is 1.99. The number of benzene rings is 1. The first-order valence-electron chi connectivity index (χ1n) is 6.60. The van der Waals surface area contributed by atoms with Crippen LogP contribution in [0.15, 0.2) is 24.3 Å². The van der Waals surface area contributed by atoms with E-state index in [-0.39, 0.29) is 0 Å². The molecule has 0 aromatic heterocycles. The molecule has 0 spiro atoms. The zero-order valence-corrected chi connectivity index (χ0v) is 12.4. The van der Waals surface area contributed by atoms with Crippen LogP contribution in [-0.2, 0) is 17.4 Å². The summed E-state index contributed by atoms with van der Waals surface area (Å²) < 4.78 is 8.74. The van der Waals surface area contributed by atoms with Gasteiger partial charge < -0.3 is 9.79 Å². The highest BCUT2D eigenvalue weighted by molar-refractivity contribution is 7.30. The smallest absolute Gasteiger partial charge is 0.314 e. The van der Waals surface area contributed by atoms with Crippen LogP contribution in [0.2, 0.25) is 0 Å². The van der Waals surface area contributed by atoms with Gasteiger partial charge in [0, 0.05) is 0 Å². The maximum Gasteiger partial charge on any atom is 0.314 e. The summed E-state index contributed by atoms with van der Waals surface area (Å²) in [6.45, 7) is 4.52. The van der Waals surface area contributed by atoms with Crippen LogP contribution in [0, 0.1) is 0 Å². The van der Waals surface area contributed by atoms with E-state index in [0.717, 1.165) is 0 Å². The molecule has 18 heavy (non-hydrogen) atoms. The highest BCUT2D eigenvalue weighted by Crippen LogP contribution is 2.14. The molecule has 104 valence electrons. The molecule has 0 aliphatic carbocycles. The van der Waals surface area contributed by atoms with Crippen molar-refractivity contribution < 1.29 is 14.4 Å². The Balaban J connectivity index is 0.000000631. The lowest BCUT2D eigenvalue weighted by Gasteiger charge is -2.07. The molecule has 2 N–H and O–H groups in total. The average molecular weight is 272 g/mol. The number of aryl methyl sites for hydroxylation is 2. The molecule has 0 bridgehead atoms. The lowest BCUT2D eigenvalue weighted by atomic mass is 9.98. The molecule has 0 unspecified atom stereocenters. The topological polar surface area (TPSA) is 57.5 Å². The fourth-order valence-corrected chi connectivity index (χ4v) is 1.78. The van der Waals surface area contributed by atoms with Gasteiger partial charge >= 0.3 is 8.25 Å². The lowest BCUT2D eigenvalue weighted by molar-refractivity contribution is 0.405. The Morgan fingerprint density at radius 2 is 1.28 bits per heavy atom. The molecule has 0 saturated carbocycles. The van der Waals surface area contributed by atoms with Crippen molar-refractivity contribution in [3.8, 4) is 0 Å². The first kappa shape index (κ1) is 17.4. The number of rotatable bonds is 6. The first-order valence-corrected chi connectivity index (χ1v) is 7.90. The molecule has 0 fully saturated rings. The maximum absolute atomic E-state index is 8.74. The number of hydrogen-bond acceptors (Lipinski definition) is 1. The van der Waals surface area contributed by atoms with Crippen molar-refractivity contribution in [3.63, 3.8) is 0 Å². The molecule has 4 heteroatoms. The summed E-state index contributed by atoms with van der Waals surface area (Å²) in [5.41, 5.74) is 3.14. The second kappa shape index (κ2) is 11.5. The zero-order valence-electron chi connectivity index (χ0n) is 11.4. The van der Waals surface area contributed by atoms with Crippen LogP contribution in [0.5, 0.6) is 0 Å². The van der Waals surface area contributed by atoms with E-state index in [0.29, 0.717) is 0 Å². The van der Waals surface area contributed by atoms with Gasteiger partial charge in [-0.3, -0.25) is 4.57 Å². The van der Waals surface area contributed by atoms with Crippen molar-refractivity contribution in [2.75, 3.05) is 0 Å². The first-order chi connectivity index (χ1) is 8.61. The zero-order chi connectivity index (χ0) is 13.8. The molecular formula is C14H25O3P. The minimum atomic E-state index is -3.13. The molecule has 0 atom stereocenters. The van der Waals surface area contributed by atoms with E-state index in [2.05, 4.69) is 38.1 Å². The van der Waals surface area contributed by atoms with Gasteiger partial charge in [0.05, 0.1) is 0 Å². The standard InChI is InChI=1S/C14H22.H3O3P/c1-3-5-9-13-11-7-8-12-14(13)10-6-4-2;1-4(2)3/h7-8,11-12H,3-6,9-10H2,1-2H3;4H,(H2,1,2,3). The predicted molar refractivity (Wildman–Crippen MR) is 77.1 cm³/mol. The minimum Gasteiger partial charge on any atom is -0.326 e. The average Bonchev–Trinajstić information content (AvgIpc) is 2.34. The van der Waals surface area contributed by atoms with E-state index in [4.69, 9.17) is 14.4 Å². The number of hydrogen-bond donors (Lipinski definition) is 2. The van der Waals surface area contributed by atoms with Crippen molar-refractivity contribution in [2.24, 2.45) is 0 Å². The number of unbranched alkanes of at least 4 members (excludes halogenated alkanes) is 2. The second-order valence-electron chi connectivity index (χ2n) is 4.26. The quantitative estimate of drug-likeness (QED) is 0.776. The summed E-state index contributed by atoms with van der Waals surface area (Å²) in [4.78, 5) is 14.3. The summed E-state index contributed by atoms with van der Waals surface area (Å²) >= 11 is 0. The van der Waals surface area contributed by atoms with Gasteiger partial charge in [0.2, 0.25) is 0 Å². The fourth-order valence-electron chi connectivity index (χ4n) is 1.78. The summed E-state index contributed by atoms with van der Waals surface area (Å²) in [5.74, 6) is 0. The third kappa shape index (κ3) is 9.41. The van der Waals surface area contributed by atoms with Crippen molar-refractivity contribution in [1.82, 2.24) is 0 Å². The van der Waals surface area contributed by atoms with Gasteiger partial charge in [-0.25, -0.2) is 0 Å². The van der Waals surface area contributed by atoms with Crippen LogP contribution in [0.1, 0.15) is 50.7 Å². The van der Waals surface area contributed by atoms with E-state index in [9.17, 15) is 0 Å². The molecule has 1 aromatic rings. The molecule has 0 saturated heterocycles. The molecule has 1 aromatic carbocycles. The fraction of sp³-hybridized carbons (Fsp3) is 0.571. The van der Waals surface area contributed by atoms with Crippen molar-refractivity contribution in [3.05, 3.63) is 35.4 Å². The Labute approximate surface area is 111 Å². The molecule has 0 amide bonds. The minimum absolute atomic E-state index is 1.26. The van der Waals surface area contributed by atoms with E-state index in [1.165, 1.54) is 38.5 Å². The van der Waals surface area contributed by atoms with Gasteiger partial charge in [0.15, 0.2) is 0 Å². The molecule has 0 radical (unpaired) electrons. The van der Waals surface area contributed by atoms with Crippen LogP contribution >= 0.6 is 8.25 Å². The maximum atomic E-state index is 8.74. The van der Waals surface area contributed by atoms with Crippen molar-refractivity contribution in [1.29, 1.82) is 0 Å². The summed E-state index contributed by atoms with van der Waals surface area (Å²) in [6.07, 6.45) is 7.75. The molecule has 0 heterocycles. The van der Waals surface area contributed by atoms with E-state index < -0.39 is 8.25 Å². The summed E-state index contributed by atoms with van der Waals surface area (Å²) in [5, 5.41) is 0. The third-order valence-electron chi connectivity index (χ3n) is 2.72. The Bertz CT molecular complexity index is 309. The third-order valence-corrected chi connectivity index (χ3v) is 2.72. The molecular weight excluding hydrogens is 247 g/mol. The van der Waals surface area contributed by atoms with Crippen LogP contribution in [0.3, 0.4) is 0 Å². The van der Waals surface area contributed by atoms with Crippen molar-refractivity contribution in [2.45, 2.75) is 52.4 Å². The SMILES string of the molecule is CCCCc1ccccc1CCCC.O=[PH](O)O. The van der Waals surface area contributed by atoms with Gasteiger partial charge in [0.25, 0.3) is 0 Å². The Morgan fingerprint density at radius 1 is 0.944 bits per heavy atom.